The van der Waals surface area contributed by atoms with Gasteiger partial charge in [-0.1, -0.05) is 19.9 Å². The fourth-order valence-corrected chi connectivity index (χ4v) is 4.40. The molecule has 0 spiro atoms. The molecule has 0 aromatic heterocycles. The standard InChI is InChI=1S/C19H30N6O4/c1-4-7-23-17(28)13-6-5-12(16(27)21-9-11(2)3)8-14(13)25-18(23)22-24(19(25)29)10-15(20)26/h4,11-14,18,22H,1,5-10H2,2-3H3,(H2,20,26)(H,21,27). The highest BCUT2D eigenvalue weighted by Crippen LogP contribution is 2.40. The molecule has 4 N–H and O–H groups in total. The van der Waals surface area contributed by atoms with Gasteiger partial charge in [-0.3, -0.25) is 19.3 Å². The predicted molar refractivity (Wildman–Crippen MR) is 104 cm³/mol. The Morgan fingerprint density at radius 2 is 2.07 bits per heavy atom. The van der Waals surface area contributed by atoms with Crippen LogP contribution in [0.1, 0.15) is 33.1 Å². The maximum absolute atomic E-state index is 13.1. The summed E-state index contributed by atoms with van der Waals surface area (Å²) >= 11 is 0. The number of primary amides is 1. The molecule has 4 unspecified atom stereocenters. The molecule has 3 rings (SSSR count). The van der Waals surface area contributed by atoms with Gasteiger partial charge in [-0.05, 0) is 25.2 Å². The lowest BCUT2D eigenvalue weighted by molar-refractivity contribution is -0.157. The van der Waals surface area contributed by atoms with E-state index in [1.807, 2.05) is 13.8 Å². The number of nitrogens with one attached hydrogen (secondary N) is 2. The first kappa shape index (κ1) is 21.1. The van der Waals surface area contributed by atoms with E-state index in [-0.39, 0.29) is 36.7 Å². The molecule has 0 radical (unpaired) electrons. The lowest BCUT2D eigenvalue weighted by atomic mass is 9.75. The third-order valence-corrected chi connectivity index (χ3v) is 5.75. The SMILES string of the molecule is C=CCN1C(=O)C2CCC(C(=O)NCC(C)C)CC2N2C(=O)N(CC(N)=O)NC12. The number of nitrogens with two attached hydrogens (primary N) is 1. The lowest BCUT2D eigenvalue weighted by Gasteiger charge is -2.49. The molecule has 4 atom stereocenters. The van der Waals surface area contributed by atoms with Crippen molar-refractivity contribution in [1.29, 1.82) is 0 Å². The topological polar surface area (TPSA) is 128 Å². The van der Waals surface area contributed by atoms with Gasteiger partial charge in [0.2, 0.25) is 17.7 Å². The van der Waals surface area contributed by atoms with E-state index >= 15 is 0 Å². The zero-order valence-electron chi connectivity index (χ0n) is 17.0. The van der Waals surface area contributed by atoms with E-state index in [1.165, 1.54) is 0 Å². The quantitative estimate of drug-likeness (QED) is 0.495. The van der Waals surface area contributed by atoms with E-state index in [0.717, 1.165) is 5.01 Å². The van der Waals surface area contributed by atoms with Crippen molar-refractivity contribution in [2.45, 2.75) is 45.4 Å². The second-order valence-corrected chi connectivity index (χ2v) is 8.35. The number of hydrazine groups is 1. The van der Waals surface area contributed by atoms with Gasteiger partial charge in [0.05, 0.1) is 5.92 Å². The maximum atomic E-state index is 13.1. The maximum Gasteiger partial charge on any atom is 0.337 e. The zero-order valence-corrected chi connectivity index (χ0v) is 17.0. The van der Waals surface area contributed by atoms with E-state index < -0.39 is 24.3 Å². The minimum Gasteiger partial charge on any atom is -0.368 e. The molecule has 160 valence electrons. The molecule has 10 heteroatoms. The van der Waals surface area contributed by atoms with Gasteiger partial charge in [0.15, 0.2) is 6.29 Å². The molecule has 29 heavy (non-hydrogen) atoms. The summed E-state index contributed by atoms with van der Waals surface area (Å²) in [5, 5.41) is 4.10. The van der Waals surface area contributed by atoms with E-state index in [4.69, 9.17) is 5.73 Å². The highest BCUT2D eigenvalue weighted by molar-refractivity contribution is 5.88. The number of urea groups is 1. The molecular weight excluding hydrogens is 376 g/mol. The van der Waals surface area contributed by atoms with Crippen molar-refractivity contribution >= 4 is 23.8 Å². The summed E-state index contributed by atoms with van der Waals surface area (Å²) in [6.07, 6.45) is 2.43. The molecule has 1 aliphatic carbocycles. The molecule has 3 aliphatic rings. The number of fused-ring (bicyclic) bond motifs is 3. The highest BCUT2D eigenvalue weighted by Gasteiger charge is 2.55. The second-order valence-electron chi connectivity index (χ2n) is 8.35. The molecule has 2 saturated heterocycles. The number of carbonyl (C=O) groups excluding carboxylic acids is 4. The van der Waals surface area contributed by atoms with Crippen LogP contribution in [0.25, 0.3) is 0 Å². The van der Waals surface area contributed by atoms with Crippen LogP contribution in [0.15, 0.2) is 12.7 Å². The van der Waals surface area contributed by atoms with Gasteiger partial charge >= 0.3 is 6.03 Å². The Bertz CT molecular complexity index is 711. The highest BCUT2D eigenvalue weighted by atomic mass is 16.2. The van der Waals surface area contributed by atoms with E-state index in [9.17, 15) is 19.2 Å². The van der Waals surface area contributed by atoms with Gasteiger partial charge < -0.3 is 16.0 Å². The normalized spacial score (nSPS) is 29.0. The first-order valence-electron chi connectivity index (χ1n) is 10.1. The molecule has 2 aliphatic heterocycles. The zero-order chi connectivity index (χ0) is 21.3. The number of carbonyl (C=O) groups is 4. The van der Waals surface area contributed by atoms with Crippen molar-refractivity contribution in [3.8, 4) is 0 Å². The summed E-state index contributed by atoms with van der Waals surface area (Å²) in [4.78, 5) is 53.2. The Balaban J connectivity index is 1.83. The van der Waals surface area contributed by atoms with Crippen LogP contribution in [-0.2, 0) is 14.4 Å². The minimum absolute atomic E-state index is 0.0386. The Hall–Kier alpha value is -2.62. The van der Waals surface area contributed by atoms with Crippen LogP contribution >= 0.6 is 0 Å². The first-order valence-corrected chi connectivity index (χ1v) is 10.1. The number of nitrogens with zero attached hydrogens (tertiary/aromatic N) is 3. The third-order valence-electron chi connectivity index (χ3n) is 5.75. The first-order chi connectivity index (χ1) is 13.7. The molecule has 3 fully saturated rings. The number of hydrogen-bond donors (Lipinski definition) is 3. The molecule has 0 aromatic carbocycles. The van der Waals surface area contributed by atoms with Crippen molar-refractivity contribution < 1.29 is 19.2 Å². The molecule has 1 saturated carbocycles. The van der Waals surface area contributed by atoms with Crippen LogP contribution in [0.4, 0.5) is 4.79 Å². The minimum atomic E-state index is -0.717. The van der Waals surface area contributed by atoms with Crippen molar-refractivity contribution in [3.05, 3.63) is 12.7 Å². The third kappa shape index (κ3) is 4.07. The Morgan fingerprint density at radius 1 is 1.34 bits per heavy atom. The summed E-state index contributed by atoms with van der Waals surface area (Å²) in [6.45, 7) is 8.32. The van der Waals surface area contributed by atoms with Crippen LogP contribution in [0, 0.1) is 17.8 Å². The lowest BCUT2D eigenvalue weighted by Crippen LogP contribution is -2.67. The number of amides is 5. The summed E-state index contributed by atoms with van der Waals surface area (Å²) in [5.41, 5.74) is 8.18. The van der Waals surface area contributed by atoms with Gasteiger partial charge in [0.1, 0.15) is 6.54 Å². The average molecular weight is 406 g/mol. The Labute approximate surface area is 170 Å². The number of rotatable bonds is 7. The van der Waals surface area contributed by atoms with Crippen molar-refractivity contribution in [3.63, 3.8) is 0 Å². The largest absolute Gasteiger partial charge is 0.368 e. The Morgan fingerprint density at radius 3 is 2.69 bits per heavy atom. The molecule has 0 bridgehead atoms. The molecule has 5 amide bonds. The summed E-state index contributed by atoms with van der Waals surface area (Å²) < 4.78 is 0. The van der Waals surface area contributed by atoms with Crippen LogP contribution in [0.3, 0.4) is 0 Å². The predicted octanol–water partition coefficient (Wildman–Crippen LogP) is -0.417. The second kappa shape index (κ2) is 8.40. The number of hydrogen-bond acceptors (Lipinski definition) is 5. The van der Waals surface area contributed by atoms with Crippen LogP contribution in [0.5, 0.6) is 0 Å². The fraction of sp³-hybridized carbons (Fsp3) is 0.684. The summed E-state index contributed by atoms with van der Waals surface area (Å²) in [5.74, 6) is -1.05. The monoisotopic (exact) mass is 406 g/mol. The molecule has 0 aromatic rings. The Kier molecular flexibility index (Phi) is 6.11. The molecule has 10 nitrogen and oxygen atoms in total. The van der Waals surface area contributed by atoms with Crippen LogP contribution in [-0.4, -0.2) is 70.5 Å². The molecule has 2 heterocycles. The van der Waals surface area contributed by atoms with Gasteiger partial charge in [0, 0.05) is 25.0 Å². The van der Waals surface area contributed by atoms with E-state index in [2.05, 4.69) is 17.3 Å². The van der Waals surface area contributed by atoms with Gasteiger partial charge in [-0.2, -0.15) is 5.43 Å². The van der Waals surface area contributed by atoms with Crippen LogP contribution < -0.4 is 16.5 Å². The van der Waals surface area contributed by atoms with E-state index in [0.29, 0.717) is 31.7 Å². The van der Waals surface area contributed by atoms with Crippen LogP contribution in [0.2, 0.25) is 0 Å². The van der Waals surface area contributed by atoms with Crippen molar-refractivity contribution in [1.82, 2.24) is 25.6 Å². The van der Waals surface area contributed by atoms with E-state index in [1.54, 1.807) is 15.9 Å². The summed E-state index contributed by atoms with van der Waals surface area (Å²) in [6, 6.07) is -0.816. The van der Waals surface area contributed by atoms with Crippen molar-refractivity contribution in [2.75, 3.05) is 19.6 Å². The average Bonchev–Trinajstić information content (AvgIpc) is 2.98. The van der Waals surface area contributed by atoms with Gasteiger partial charge in [-0.25, -0.2) is 9.80 Å². The fourth-order valence-electron chi connectivity index (χ4n) is 4.40. The van der Waals surface area contributed by atoms with Gasteiger partial charge in [-0.15, -0.1) is 6.58 Å². The smallest absolute Gasteiger partial charge is 0.337 e. The van der Waals surface area contributed by atoms with Crippen molar-refractivity contribution in [2.24, 2.45) is 23.5 Å². The molecular formula is C19H30N6O4. The van der Waals surface area contributed by atoms with Gasteiger partial charge in [0.25, 0.3) is 0 Å². The summed E-state index contributed by atoms with van der Waals surface area (Å²) in [7, 11) is 0.